The summed E-state index contributed by atoms with van der Waals surface area (Å²) in [6.07, 6.45) is 19.0. The molecular weight excluding hydrogens is 300 g/mol. The van der Waals surface area contributed by atoms with Gasteiger partial charge in [0.1, 0.15) is 0 Å². The van der Waals surface area contributed by atoms with E-state index < -0.39 is 0 Å². The number of hydrogen-bond acceptors (Lipinski definition) is 2. The quantitative estimate of drug-likeness (QED) is 0.455. The third kappa shape index (κ3) is 3.22. The fraction of sp³-hybridized carbons (Fsp3) is 0.950. The van der Waals surface area contributed by atoms with Crippen molar-refractivity contribution in [3.63, 3.8) is 0 Å². The highest BCUT2D eigenvalue weighted by Crippen LogP contribution is 2.53. The summed E-state index contributed by atoms with van der Waals surface area (Å²) in [7, 11) is 0.227. The minimum absolute atomic E-state index is 0.227. The van der Waals surface area contributed by atoms with Crippen molar-refractivity contribution < 1.29 is 0 Å². The lowest BCUT2D eigenvalue weighted by molar-refractivity contribution is -0.0926. The molecule has 0 aromatic carbocycles. The van der Waals surface area contributed by atoms with Gasteiger partial charge in [-0.3, -0.25) is 4.90 Å². The summed E-state index contributed by atoms with van der Waals surface area (Å²) in [5.74, 6) is 1.01. The van der Waals surface area contributed by atoms with Gasteiger partial charge < -0.3 is 0 Å². The molecule has 0 N–H and O–H groups in total. The molecule has 0 amide bonds. The van der Waals surface area contributed by atoms with Crippen LogP contribution in [0.15, 0.2) is 4.40 Å². The summed E-state index contributed by atoms with van der Waals surface area (Å²) < 4.78 is 4.43. The highest BCUT2D eigenvalue weighted by Gasteiger charge is 2.53. The molecule has 4 rings (SSSR count). The van der Waals surface area contributed by atoms with E-state index in [9.17, 15) is 0 Å². The van der Waals surface area contributed by atoms with E-state index in [0.29, 0.717) is 5.54 Å². The number of isothiocyanates is 1. The Bertz CT molecular complexity index is 496. The van der Waals surface area contributed by atoms with Crippen molar-refractivity contribution in [3.8, 4) is 0 Å². The minimum Gasteiger partial charge on any atom is -0.293 e. The van der Waals surface area contributed by atoms with Crippen LogP contribution in [0.25, 0.3) is 0 Å². The molecule has 1 aliphatic carbocycles. The highest BCUT2D eigenvalue weighted by molar-refractivity contribution is 8.18. The molecule has 0 radical (unpaired) electrons. The average molecular weight is 335 g/mol. The van der Waals surface area contributed by atoms with Crippen LogP contribution < -0.4 is 0 Å². The Morgan fingerprint density at radius 1 is 1.09 bits per heavy atom. The zero-order valence-corrected chi connectivity index (χ0v) is 15.8. The van der Waals surface area contributed by atoms with Crippen molar-refractivity contribution in [2.75, 3.05) is 6.54 Å². The number of hydrogen-bond donors (Lipinski definition) is 0. The second kappa shape index (κ2) is 7.02. The molecule has 3 heterocycles. The lowest BCUT2D eigenvalue weighted by atomic mass is 9.62. The molecule has 0 bridgehead atoms. The van der Waals surface area contributed by atoms with Gasteiger partial charge in [0.15, 0.2) is 0 Å². The first kappa shape index (κ1) is 16.4. The molecule has 3 fully saturated rings. The summed E-state index contributed by atoms with van der Waals surface area (Å²) in [6, 6.07) is 0.882. The molecule has 130 valence electrons. The number of unbranched alkanes of at least 4 members (excludes halogenated alkanes) is 3. The molecule has 5 atom stereocenters. The van der Waals surface area contributed by atoms with Gasteiger partial charge in [0.2, 0.25) is 0 Å². The molecule has 2 unspecified atom stereocenters. The van der Waals surface area contributed by atoms with Gasteiger partial charge in [-0.2, -0.15) is 4.40 Å². The minimum atomic E-state index is 0.227. The Morgan fingerprint density at radius 2 is 2.00 bits per heavy atom. The van der Waals surface area contributed by atoms with Gasteiger partial charge in [0.05, 0.1) is 0 Å². The van der Waals surface area contributed by atoms with Crippen LogP contribution in [0.4, 0.5) is 0 Å². The lowest BCUT2D eigenvalue weighted by Crippen LogP contribution is -2.65. The fourth-order valence-corrected chi connectivity index (χ4v) is 7.10. The van der Waals surface area contributed by atoms with E-state index in [1.54, 1.807) is 0 Å². The van der Waals surface area contributed by atoms with E-state index in [1.807, 2.05) is 0 Å². The zero-order valence-electron chi connectivity index (χ0n) is 14.9. The molecule has 0 aromatic heterocycles. The Hall–Kier alpha value is -0.110. The first-order valence-electron chi connectivity index (χ1n) is 10.3. The molecule has 4 aliphatic rings. The Balaban J connectivity index is 1.47. The van der Waals surface area contributed by atoms with Crippen LogP contribution in [-0.4, -0.2) is 33.4 Å². The third-order valence-corrected chi connectivity index (χ3v) is 8.65. The topological polar surface area (TPSA) is 15.6 Å². The molecule has 2 nitrogen and oxygen atoms in total. The standard InChI is InChI=1S/C20H34N2S/c1-2-3-4-5-9-18-11-10-17-8-6-7-13-20(17)14-12-19(15-22(18)20)23-16-21-23/h17-19H,2-15H2,1H3/t17-,18?,19+,20-,23?/m1/s1. The molecule has 0 aromatic rings. The summed E-state index contributed by atoms with van der Waals surface area (Å²) >= 11 is 0. The maximum atomic E-state index is 4.43. The van der Waals surface area contributed by atoms with Crippen LogP contribution in [-0.2, 0) is 0 Å². The van der Waals surface area contributed by atoms with Crippen LogP contribution in [0, 0.1) is 5.92 Å². The second-order valence-corrected chi connectivity index (χ2v) is 10.1. The van der Waals surface area contributed by atoms with Crippen LogP contribution in [0.2, 0.25) is 0 Å². The van der Waals surface area contributed by atoms with Crippen molar-refractivity contribution in [2.45, 2.75) is 107 Å². The van der Waals surface area contributed by atoms with Crippen LogP contribution >= 0.6 is 10.7 Å². The predicted molar refractivity (Wildman–Crippen MR) is 101 cm³/mol. The molecular formula is C20H34N2S. The van der Waals surface area contributed by atoms with E-state index in [0.717, 1.165) is 17.2 Å². The van der Waals surface area contributed by atoms with Gasteiger partial charge in [-0.1, -0.05) is 45.4 Å². The van der Waals surface area contributed by atoms with Gasteiger partial charge in [-0.05, 0) is 50.9 Å². The molecule has 1 saturated carbocycles. The average Bonchev–Trinajstić information content (AvgIpc) is 3.42. The van der Waals surface area contributed by atoms with Crippen molar-refractivity contribution >= 4 is 15.8 Å². The molecule has 3 aliphatic heterocycles. The van der Waals surface area contributed by atoms with Crippen LogP contribution in [0.3, 0.4) is 0 Å². The van der Waals surface area contributed by atoms with Gasteiger partial charge in [0.25, 0.3) is 0 Å². The predicted octanol–water partition coefficient (Wildman–Crippen LogP) is 5.62. The van der Waals surface area contributed by atoms with Crippen LogP contribution in [0.5, 0.6) is 0 Å². The highest BCUT2D eigenvalue weighted by atomic mass is 32.2. The van der Waals surface area contributed by atoms with E-state index >= 15 is 0 Å². The normalized spacial score (nSPS) is 42.7. The first-order valence-corrected chi connectivity index (χ1v) is 11.5. The smallest absolute Gasteiger partial charge is 0.0493 e. The second-order valence-electron chi connectivity index (χ2n) is 8.44. The number of nitrogens with zero attached hydrogens (tertiary/aromatic N) is 2. The largest absolute Gasteiger partial charge is 0.293 e. The fourth-order valence-electron chi connectivity index (χ4n) is 5.98. The number of rotatable bonds is 6. The maximum Gasteiger partial charge on any atom is 0.0493 e. The molecule has 2 saturated heterocycles. The lowest BCUT2D eigenvalue weighted by Gasteiger charge is -2.61. The summed E-state index contributed by atoms with van der Waals surface area (Å²) in [5.41, 5.74) is 0.599. The van der Waals surface area contributed by atoms with Crippen molar-refractivity contribution in [2.24, 2.45) is 10.3 Å². The molecule has 23 heavy (non-hydrogen) atoms. The molecule has 1 spiro atoms. The van der Waals surface area contributed by atoms with Crippen molar-refractivity contribution in [3.05, 3.63) is 0 Å². The van der Waals surface area contributed by atoms with Gasteiger partial charge in [-0.15, -0.1) is 0 Å². The number of piperidine rings is 2. The van der Waals surface area contributed by atoms with Crippen molar-refractivity contribution in [1.82, 2.24) is 4.90 Å². The van der Waals surface area contributed by atoms with E-state index in [-0.39, 0.29) is 10.7 Å². The first-order chi connectivity index (χ1) is 11.3. The van der Waals surface area contributed by atoms with E-state index in [1.165, 1.54) is 90.0 Å². The maximum absolute atomic E-state index is 4.43. The Morgan fingerprint density at radius 3 is 2.83 bits per heavy atom. The molecule has 3 heteroatoms. The monoisotopic (exact) mass is 334 g/mol. The Labute approximate surface area is 145 Å². The Kier molecular flexibility index (Phi) is 4.99. The van der Waals surface area contributed by atoms with E-state index in [2.05, 4.69) is 21.4 Å². The summed E-state index contributed by atoms with van der Waals surface area (Å²) in [6.45, 7) is 3.67. The van der Waals surface area contributed by atoms with Crippen LogP contribution in [0.1, 0.15) is 90.4 Å². The van der Waals surface area contributed by atoms with Gasteiger partial charge in [-0.25, -0.2) is 0 Å². The summed E-state index contributed by atoms with van der Waals surface area (Å²) in [5, 5.41) is 4.09. The van der Waals surface area contributed by atoms with Crippen molar-refractivity contribution in [1.29, 1.82) is 0 Å². The van der Waals surface area contributed by atoms with E-state index in [4.69, 9.17) is 0 Å². The van der Waals surface area contributed by atoms with Gasteiger partial charge in [0, 0.05) is 39.2 Å². The summed E-state index contributed by atoms with van der Waals surface area (Å²) in [4.78, 5) is 3.06. The van der Waals surface area contributed by atoms with Gasteiger partial charge >= 0.3 is 0 Å². The third-order valence-electron chi connectivity index (χ3n) is 7.24. The SMILES string of the molecule is CCCCCCC1CC[C@H]2CCCC[C@@]23CC[C@H](S2=C=N2)CN13. The zero-order chi connectivity index (χ0) is 15.7.